The SMILES string of the molecule is O=S1CCN(S(=O)(=O)c2ccccc2O)CC1. The molecule has 0 aliphatic carbocycles. The molecule has 0 radical (unpaired) electrons. The highest BCUT2D eigenvalue weighted by Gasteiger charge is 2.29. The van der Waals surface area contributed by atoms with Crippen LogP contribution in [0.5, 0.6) is 5.75 Å². The molecule has 0 saturated carbocycles. The van der Waals surface area contributed by atoms with E-state index in [0.29, 0.717) is 11.5 Å². The van der Waals surface area contributed by atoms with Crippen molar-refractivity contribution in [3.8, 4) is 5.75 Å². The van der Waals surface area contributed by atoms with Crippen LogP contribution in [0.1, 0.15) is 0 Å². The van der Waals surface area contributed by atoms with Gasteiger partial charge in [-0.05, 0) is 12.1 Å². The first-order chi connectivity index (χ1) is 8.01. The summed E-state index contributed by atoms with van der Waals surface area (Å²) in [5, 5.41) is 9.56. The molecule has 1 saturated heterocycles. The van der Waals surface area contributed by atoms with Crippen LogP contribution in [-0.2, 0) is 20.8 Å². The molecule has 0 aromatic heterocycles. The monoisotopic (exact) mass is 275 g/mol. The summed E-state index contributed by atoms with van der Waals surface area (Å²) < 4.78 is 36.8. The smallest absolute Gasteiger partial charge is 0.246 e. The molecule has 0 unspecified atom stereocenters. The Morgan fingerprint density at radius 3 is 2.35 bits per heavy atom. The van der Waals surface area contributed by atoms with Gasteiger partial charge in [0.25, 0.3) is 0 Å². The van der Waals surface area contributed by atoms with Crippen LogP contribution in [0.2, 0.25) is 0 Å². The molecule has 1 N–H and O–H groups in total. The lowest BCUT2D eigenvalue weighted by atomic mass is 10.3. The minimum atomic E-state index is -3.67. The minimum Gasteiger partial charge on any atom is -0.507 e. The van der Waals surface area contributed by atoms with E-state index in [1.54, 1.807) is 12.1 Å². The number of phenols is 1. The Balaban J connectivity index is 2.31. The van der Waals surface area contributed by atoms with Gasteiger partial charge in [-0.3, -0.25) is 4.21 Å². The second-order valence-corrected chi connectivity index (χ2v) is 7.32. The largest absolute Gasteiger partial charge is 0.507 e. The summed E-state index contributed by atoms with van der Waals surface area (Å²) in [5.74, 6) is 0.457. The average molecular weight is 275 g/mol. The van der Waals surface area contributed by atoms with Crippen LogP contribution in [-0.4, -0.2) is 46.6 Å². The van der Waals surface area contributed by atoms with E-state index in [1.165, 1.54) is 16.4 Å². The minimum absolute atomic E-state index is 0.0901. The molecule has 1 aromatic rings. The highest BCUT2D eigenvalue weighted by Crippen LogP contribution is 2.25. The third-order valence-electron chi connectivity index (χ3n) is 2.62. The molecule has 0 spiro atoms. The van der Waals surface area contributed by atoms with Crippen molar-refractivity contribution in [3.05, 3.63) is 24.3 Å². The Morgan fingerprint density at radius 1 is 1.18 bits per heavy atom. The second kappa shape index (κ2) is 4.75. The molecule has 1 heterocycles. The quantitative estimate of drug-likeness (QED) is 0.833. The molecular weight excluding hydrogens is 262 g/mol. The van der Waals surface area contributed by atoms with E-state index in [0.717, 1.165) is 0 Å². The topological polar surface area (TPSA) is 74.7 Å². The molecule has 2 rings (SSSR count). The normalized spacial score (nSPS) is 19.3. The number of hydrogen-bond acceptors (Lipinski definition) is 4. The number of nitrogens with zero attached hydrogens (tertiary/aromatic N) is 1. The Kier molecular flexibility index (Phi) is 3.50. The van der Waals surface area contributed by atoms with E-state index >= 15 is 0 Å². The molecule has 1 aliphatic rings. The van der Waals surface area contributed by atoms with Gasteiger partial charge in [0.2, 0.25) is 10.0 Å². The van der Waals surface area contributed by atoms with Crippen LogP contribution in [0.25, 0.3) is 0 Å². The zero-order valence-corrected chi connectivity index (χ0v) is 10.7. The van der Waals surface area contributed by atoms with Gasteiger partial charge < -0.3 is 5.11 Å². The molecule has 94 valence electrons. The number of sulfonamides is 1. The van der Waals surface area contributed by atoms with Crippen LogP contribution in [0.15, 0.2) is 29.2 Å². The lowest BCUT2D eigenvalue weighted by Gasteiger charge is -2.25. The standard InChI is InChI=1S/C10H13NO4S2/c12-9-3-1-2-4-10(9)17(14,15)11-5-7-16(13)8-6-11/h1-4,12H,5-8H2. The third kappa shape index (κ3) is 2.51. The van der Waals surface area contributed by atoms with E-state index in [4.69, 9.17) is 0 Å². The lowest BCUT2D eigenvalue weighted by molar-refractivity contribution is 0.425. The number of benzene rings is 1. The maximum absolute atomic E-state index is 12.2. The highest BCUT2D eigenvalue weighted by atomic mass is 32.2. The second-order valence-electron chi connectivity index (χ2n) is 3.72. The molecule has 1 aromatic carbocycles. The fraction of sp³-hybridized carbons (Fsp3) is 0.400. The van der Waals surface area contributed by atoms with Crippen LogP contribution in [0.3, 0.4) is 0 Å². The maximum Gasteiger partial charge on any atom is 0.246 e. The Labute approximate surface area is 103 Å². The predicted molar refractivity (Wildman–Crippen MR) is 64.7 cm³/mol. The Hall–Kier alpha value is -0.920. The van der Waals surface area contributed by atoms with Crippen LogP contribution >= 0.6 is 0 Å². The summed E-state index contributed by atoms with van der Waals surface area (Å²) in [7, 11) is -4.59. The van der Waals surface area contributed by atoms with E-state index < -0.39 is 20.8 Å². The zero-order valence-electron chi connectivity index (χ0n) is 9.07. The molecule has 7 heteroatoms. The van der Waals surface area contributed by atoms with Crippen LogP contribution in [0, 0.1) is 0 Å². The first kappa shape index (κ1) is 12.5. The van der Waals surface area contributed by atoms with Gasteiger partial charge in [0.15, 0.2) is 0 Å². The number of hydrogen-bond donors (Lipinski definition) is 1. The molecule has 1 aliphatic heterocycles. The predicted octanol–water partition coefficient (Wildman–Crippen LogP) is 0.145. The first-order valence-electron chi connectivity index (χ1n) is 5.15. The van der Waals surface area contributed by atoms with E-state index in [1.807, 2.05) is 0 Å². The molecule has 0 amide bonds. The van der Waals surface area contributed by atoms with E-state index in [-0.39, 0.29) is 23.7 Å². The van der Waals surface area contributed by atoms with Gasteiger partial charge in [-0.2, -0.15) is 4.31 Å². The van der Waals surface area contributed by atoms with Gasteiger partial charge in [-0.1, -0.05) is 12.1 Å². The summed E-state index contributed by atoms with van der Waals surface area (Å²) >= 11 is 0. The fourth-order valence-electron chi connectivity index (χ4n) is 1.68. The van der Waals surface area contributed by atoms with Crippen LogP contribution < -0.4 is 0 Å². The molecule has 5 nitrogen and oxygen atoms in total. The molecule has 0 atom stereocenters. The molecule has 0 bridgehead atoms. The Morgan fingerprint density at radius 2 is 1.76 bits per heavy atom. The van der Waals surface area contributed by atoms with Crippen molar-refractivity contribution in [3.63, 3.8) is 0 Å². The van der Waals surface area contributed by atoms with Gasteiger partial charge in [0, 0.05) is 35.4 Å². The summed E-state index contributed by atoms with van der Waals surface area (Å²) in [6.07, 6.45) is 0. The van der Waals surface area contributed by atoms with Gasteiger partial charge in [-0.25, -0.2) is 8.42 Å². The fourth-order valence-corrected chi connectivity index (χ4v) is 4.48. The zero-order chi connectivity index (χ0) is 12.5. The maximum atomic E-state index is 12.2. The van der Waals surface area contributed by atoms with Crippen molar-refractivity contribution in [2.45, 2.75) is 4.90 Å². The van der Waals surface area contributed by atoms with Crippen molar-refractivity contribution in [2.75, 3.05) is 24.6 Å². The van der Waals surface area contributed by atoms with Crippen molar-refractivity contribution in [1.82, 2.24) is 4.31 Å². The summed E-state index contributed by atoms with van der Waals surface area (Å²) in [6.45, 7) is 0.479. The number of phenolic OH excluding ortho intramolecular Hbond substituents is 1. The number of rotatable bonds is 2. The van der Waals surface area contributed by atoms with Crippen LogP contribution in [0.4, 0.5) is 0 Å². The highest BCUT2D eigenvalue weighted by molar-refractivity contribution is 7.89. The van der Waals surface area contributed by atoms with Crippen molar-refractivity contribution < 1.29 is 17.7 Å². The lowest BCUT2D eigenvalue weighted by Crippen LogP contribution is -2.41. The van der Waals surface area contributed by atoms with Gasteiger partial charge in [0.05, 0.1) is 0 Å². The number of para-hydroxylation sites is 1. The average Bonchev–Trinajstić information content (AvgIpc) is 2.30. The third-order valence-corrected chi connectivity index (χ3v) is 5.84. The van der Waals surface area contributed by atoms with Crippen molar-refractivity contribution in [2.24, 2.45) is 0 Å². The Bertz CT molecular complexity index is 531. The molecular formula is C10H13NO4S2. The van der Waals surface area contributed by atoms with Gasteiger partial charge in [0.1, 0.15) is 10.6 Å². The summed E-state index contributed by atoms with van der Waals surface area (Å²) in [4.78, 5) is -0.0901. The summed E-state index contributed by atoms with van der Waals surface area (Å²) in [5.41, 5.74) is 0. The van der Waals surface area contributed by atoms with Gasteiger partial charge in [-0.15, -0.1) is 0 Å². The first-order valence-corrected chi connectivity index (χ1v) is 8.08. The summed E-state index contributed by atoms with van der Waals surface area (Å²) in [6, 6.07) is 5.85. The van der Waals surface area contributed by atoms with E-state index in [2.05, 4.69) is 0 Å². The van der Waals surface area contributed by atoms with E-state index in [9.17, 15) is 17.7 Å². The van der Waals surface area contributed by atoms with Crippen molar-refractivity contribution >= 4 is 20.8 Å². The van der Waals surface area contributed by atoms with Crippen molar-refractivity contribution in [1.29, 1.82) is 0 Å². The van der Waals surface area contributed by atoms with Gasteiger partial charge >= 0.3 is 0 Å². The molecule has 17 heavy (non-hydrogen) atoms. The number of aromatic hydroxyl groups is 1. The molecule has 1 fully saturated rings.